The Labute approximate surface area is 177 Å². The summed E-state index contributed by atoms with van der Waals surface area (Å²) in [4.78, 5) is 28.9. The van der Waals surface area contributed by atoms with Gasteiger partial charge in [0.05, 0.1) is 19.8 Å². The van der Waals surface area contributed by atoms with Crippen LogP contribution in [0.5, 0.6) is 5.75 Å². The molecule has 0 aliphatic carbocycles. The SMILES string of the molecule is CCN(CC(=O)Nc1ccc(N2CCOCC2)cc1)C(=O)C(C)Oc1ccccc1. The molecule has 3 rings (SSSR count). The van der Waals surface area contributed by atoms with Crippen LogP contribution >= 0.6 is 0 Å². The average molecular weight is 412 g/mol. The number of carbonyl (C=O) groups is 2. The molecule has 1 saturated heterocycles. The minimum Gasteiger partial charge on any atom is -0.481 e. The summed E-state index contributed by atoms with van der Waals surface area (Å²) in [6, 6.07) is 16.9. The van der Waals surface area contributed by atoms with Crippen LogP contribution < -0.4 is 15.0 Å². The Morgan fingerprint density at radius 1 is 1.10 bits per heavy atom. The molecule has 1 N–H and O–H groups in total. The van der Waals surface area contributed by atoms with E-state index in [2.05, 4.69) is 10.2 Å². The van der Waals surface area contributed by atoms with Crippen LogP contribution in [0.2, 0.25) is 0 Å². The number of amides is 2. The van der Waals surface area contributed by atoms with Crippen LogP contribution in [0, 0.1) is 0 Å². The highest BCUT2D eigenvalue weighted by Gasteiger charge is 2.23. The zero-order valence-corrected chi connectivity index (χ0v) is 17.5. The standard InChI is InChI=1S/C23H29N3O4/c1-3-25(23(28)18(2)30-21-7-5-4-6-8-21)17-22(27)24-19-9-11-20(12-10-19)26-13-15-29-16-14-26/h4-12,18H,3,13-17H2,1-2H3,(H,24,27). The van der Waals surface area contributed by atoms with Crippen molar-refractivity contribution in [3.05, 3.63) is 54.6 Å². The highest BCUT2D eigenvalue weighted by molar-refractivity contribution is 5.95. The van der Waals surface area contributed by atoms with Crippen LogP contribution in [0.4, 0.5) is 11.4 Å². The van der Waals surface area contributed by atoms with Gasteiger partial charge in [0.2, 0.25) is 5.91 Å². The van der Waals surface area contributed by atoms with Crippen molar-refractivity contribution in [2.45, 2.75) is 20.0 Å². The van der Waals surface area contributed by atoms with Crippen molar-refractivity contribution >= 4 is 23.2 Å². The number of ether oxygens (including phenoxy) is 2. The molecule has 7 nitrogen and oxygen atoms in total. The molecule has 1 unspecified atom stereocenters. The number of para-hydroxylation sites is 1. The molecule has 1 aliphatic heterocycles. The van der Waals surface area contributed by atoms with Crippen LogP contribution in [0.15, 0.2) is 54.6 Å². The van der Waals surface area contributed by atoms with Crippen molar-refractivity contribution in [2.75, 3.05) is 49.6 Å². The van der Waals surface area contributed by atoms with E-state index in [1.165, 1.54) is 4.90 Å². The fraction of sp³-hybridized carbons (Fsp3) is 0.391. The molecule has 0 radical (unpaired) electrons. The summed E-state index contributed by atoms with van der Waals surface area (Å²) >= 11 is 0. The normalized spacial score (nSPS) is 14.7. The summed E-state index contributed by atoms with van der Waals surface area (Å²) in [5.74, 6) is 0.162. The lowest BCUT2D eigenvalue weighted by atomic mass is 10.2. The molecule has 0 spiro atoms. The predicted molar refractivity (Wildman–Crippen MR) is 117 cm³/mol. The van der Waals surface area contributed by atoms with Crippen molar-refractivity contribution < 1.29 is 19.1 Å². The highest BCUT2D eigenvalue weighted by atomic mass is 16.5. The number of morpholine rings is 1. The molecule has 2 aromatic rings. The van der Waals surface area contributed by atoms with Gasteiger partial charge in [-0.3, -0.25) is 9.59 Å². The van der Waals surface area contributed by atoms with Crippen LogP contribution in [-0.2, 0) is 14.3 Å². The monoisotopic (exact) mass is 411 g/mol. The second-order valence-electron chi connectivity index (χ2n) is 7.12. The van der Waals surface area contributed by atoms with E-state index in [0.29, 0.717) is 18.0 Å². The number of nitrogens with zero attached hydrogens (tertiary/aromatic N) is 2. The average Bonchev–Trinajstić information content (AvgIpc) is 2.78. The molecule has 1 aliphatic rings. The highest BCUT2D eigenvalue weighted by Crippen LogP contribution is 2.19. The van der Waals surface area contributed by atoms with Gasteiger partial charge in [0, 0.05) is 31.0 Å². The van der Waals surface area contributed by atoms with E-state index in [-0.39, 0.29) is 18.4 Å². The quantitative estimate of drug-likeness (QED) is 0.723. The fourth-order valence-corrected chi connectivity index (χ4v) is 3.31. The Kier molecular flexibility index (Phi) is 7.68. The second-order valence-corrected chi connectivity index (χ2v) is 7.12. The number of carbonyl (C=O) groups excluding carboxylic acids is 2. The molecule has 2 amide bonds. The number of hydrogen-bond donors (Lipinski definition) is 1. The van der Waals surface area contributed by atoms with Gasteiger partial charge in [0.25, 0.3) is 5.91 Å². The van der Waals surface area contributed by atoms with E-state index in [4.69, 9.17) is 9.47 Å². The fourth-order valence-electron chi connectivity index (χ4n) is 3.31. The van der Waals surface area contributed by atoms with Gasteiger partial charge < -0.3 is 24.6 Å². The maximum absolute atomic E-state index is 12.7. The van der Waals surface area contributed by atoms with E-state index in [0.717, 1.165) is 32.0 Å². The third-order valence-corrected chi connectivity index (χ3v) is 4.96. The first kappa shape index (κ1) is 21.6. The number of likely N-dealkylation sites (N-methyl/N-ethyl adjacent to an activating group) is 1. The van der Waals surface area contributed by atoms with E-state index in [1.807, 2.05) is 49.4 Å². The number of rotatable bonds is 8. The molecule has 7 heteroatoms. The molecule has 0 saturated carbocycles. The van der Waals surface area contributed by atoms with Crippen molar-refractivity contribution in [3.63, 3.8) is 0 Å². The lowest BCUT2D eigenvalue weighted by molar-refractivity contribution is -0.140. The molecule has 1 heterocycles. The summed E-state index contributed by atoms with van der Waals surface area (Å²) in [5, 5.41) is 2.86. The van der Waals surface area contributed by atoms with Gasteiger partial charge in [-0.05, 0) is 50.2 Å². The molecule has 30 heavy (non-hydrogen) atoms. The summed E-state index contributed by atoms with van der Waals surface area (Å²) in [6.45, 7) is 7.12. The zero-order chi connectivity index (χ0) is 21.3. The van der Waals surface area contributed by atoms with Crippen LogP contribution in [0.1, 0.15) is 13.8 Å². The van der Waals surface area contributed by atoms with Gasteiger partial charge in [0.15, 0.2) is 6.10 Å². The third-order valence-electron chi connectivity index (χ3n) is 4.96. The van der Waals surface area contributed by atoms with Gasteiger partial charge >= 0.3 is 0 Å². The molecule has 0 bridgehead atoms. The molecule has 1 fully saturated rings. The zero-order valence-electron chi connectivity index (χ0n) is 17.5. The first-order valence-corrected chi connectivity index (χ1v) is 10.3. The molecule has 0 aromatic heterocycles. The van der Waals surface area contributed by atoms with E-state index >= 15 is 0 Å². The Hall–Kier alpha value is -3.06. The number of anilines is 2. The third kappa shape index (κ3) is 5.97. The van der Waals surface area contributed by atoms with Gasteiger partial charge in [-0.2, -0.15) is 0 Å². The van der Waals surface area contributed by atoms with Crippen molar-refractivity contribution in [2.24, 2.45) is 0 Å². The number of hydrogen-bond acceptors (Lipinski definition) is 5. The second kappa shape index (κ2) is 10.6. The summed E-state index contributed by atoms with van der Waals surface area (Å²) in [7, 11) is 0. The summed E-state index contributed by atoms with van der Waals surface area (Å²) < 4.78 is 11.1. The first-order valence-electron chi connectivity index (χ1n) is 10.3. The Morgan fingerprint density at radius 2 is 1.77 bits per heavy atom. The predicted octanol–water partition coefficient (Wildman–Crippen LogP) is 2.78. The van der Waals surface area contributed by atoms with E-state index in [1.54, 1.807) is 19.1 Å². The van der Waals surface area contributed by atoms with Gasteiger partial charge in [-0.1, -0.05) is 18.2 Å². The molecular formula is C23H29N3O4. The van der Waals surface area contributed by atoms with E-state index < -0.39 is 6.10 Å². The number of benzene rings is 2. The summed E-state index contributed by atoms with van der Waals surface area (Å²) in [6.07, 6.45) is -0.673. The maximum Gasteiger partial charge on any atom is 0.263 e. The Balaban J connectivity index is 1.52. The Bertz CT molecular complexity index is 820. The van der Waals surface area contributed by atoms with Crippen LogP contribution in [0.3, 0.4) is 0 Å². The summed E-state index contributed by atoms with van der Waals surface area (Å²) in [5.41, 5.74) is 1.81. The van der Waals surface area contributed by atoms with Gasteiger partial charge in [-0.25, -0.2) is 0 Å². The smallest absolute Gasteiger partial charge is 0.263 e. The maximum atomic E-state index is 12.7. The minimum atomic E-state index is -0.673. The first-order chi connectivity index (χ1) is 14.6. The molecule has 2 aromatic carbocycles. The Morgan fingerprint density at radius 3 is 2.40 bits per heavy atom. The van der Waals surface area contributed by atoms with Gasteiger partial charge in [-0.15, -0.1) is 0 Å². The number of nitrogens with one attached hydrogen (secondary N) is 1. The van der Waals surface area contributed by atoms with E-state index in [9.17, 15) is 9.59 Å². The van der Waals surface area contributed by atoms with Crippen molar-refractivity contribution in [1.29, 1.82) is 0 Å². The molecule has 1 atom stereocenters. The largest absolute Gasteiger partial charge is 0.481 e. The lowest BCUT2D eigenvalue weighted by Gasteiger charge is -2.29. The topological polar surface area (TPSA) is 71.1 Å². The molecule has 160 valence electrons. The van der Waals surface area contributed by atoms with Crippen LogP contribution in [0.25, 0.3) is 0 Å². The van der Waals surface area contributed by atoms with Crippen molar-refractivity contribution in [1.82, 2.24) is 4.90 Å². The van der Waals surface area contributed by atoms with Gasteiger partial charge in [0.1, 0.15) is 5.75 Å². The molecular weight excluding hydrogens is 382 g/mol. The lowest BCUT2D eigenvalue weighted by Crippen LogP contribution is -2.44. The minimum absolute atomic E-state index is 0.0248. The van der Waals surface area contributed by atoms with Crippen molar-refractivity contribution in [3.8, 4) is 5.75 Å². The van der Waals surface area contributed by atoms with Crippen LogP contribution in [-0.4, -0.2) is 62.2 Å².